The van der Waals surface area contributed by atoms with E-state index in [1.807, 2.05) is 0 Å². The van der Waals surface area contributed by atoms with E-state index >= 15 is 0 Å². The summed E-state index contributed by atoms with van der Waals surface area (Å²) >= 11 is 0. The van der Waals surface area contributed by atoms with Crippen LogP contribution in [0.25, 0.3) is 0 Å². The molecule has 0 atom stereocenters. The summed E-state index contributed by atoms with van der Waals surface area (Å²) < 4.78 is 4.78. The zero-order valence-electron chi connectivity index (χ0n) is 10.7. The Bertz CT molecular complexity index is 213. The second-order valence-electron chi connectivity index (χ2n) is 4.27. The number of unbranched alkanes of at least 4 members (excludes halogenated alkanes) is 7. The van der Waals surface area contributed by atoms with Crippen LogP contribution in [0.5, 0.6) is 0 Å². The quantitative estimate of drug-likeness (QED) is 0.344. The number of aliphatic carboxylic acids is 1. The van der Waals surface area contributed by atoms with Crippen LogP contribution >= 0.6 is 0 Å². The zero-order valence-corrected chi connectivity index (χ0v) is 10.7. The van der Waals surface area contributed by atoms with Crippen molar-refractivity contribution in [2.24, 2.45) is 0 Å². The van der Waals surface area contributed by atoms with Crippen molar-refractivity contribution >= 4 is 11.9 Å². The van der Waals surface area contributed by atoms with Crippen LogP contribution in [0.2, 0.25) is 0 Å². The van der Waals surface area contributed by atoms with E-state index in [0.29, 0.717) is 6.61 Å². The minimum absolute atomic E-state index is 0.348. The third kappa shape index (κ3) is 12.9. The molecule has 0 aromatic heterocycles. The van der Waals surface area contributed by atoms with Crippen LogP contribution < -0.4 is 0 Å². The van der Waals surface area contributed by atoms with Crippen LogP contribution in [0, 0.1) is 0 Å². The molecule has 0 aromatic rings. The topological polar surface area (TPSA) is 63.6 Å². The molecule has 0 aromatic carbocycles. The van der Waals surface area contributed by atoms with E-state index < -0.39 is 18.4 Å². The van der Waals surface area contributed by atoms with Gasteiger partial charge < -0.3 is 9.84 Å². The number of carbonyl (C=O) groups is 2. The van der Waals surface area contributed by atoms with Gasteiger partial charge in [0.2, 0.25) is 0 Å². The fourth-order valence-electron chi connectivity index (χ4n) is 1.60. The lowest BCUT2D eigenvalue weighted by Gasteiger charge is -2.03. The Morgan fingerprint density at radius 1 is 0.941 bits per heavy atom. The molecule has 4 nitrogen and oxygen atoms in total. The molecule has 0 aliphatic rings. The van der Waals surface area contributed by atoms with Gasteiger partial charge in [-0.15, -0.1) is 0 Å². The molecule has 100 valence electrons. The third-order valence-electron chi connectivity index (χ3n) is 2.56. The Labute approximate surface area is 103 Å². The monoisotopic (exact) mass is 244 g/mol. The van der Waals surface area contributed by atoms with Crippen LogP contribution in [0.3, 0.4) is 0 Å². The maximum Gasteiger partial charge on any atom is 0.317 e. The summed E-state index contributed by atoms with van der Waals surface area (Å²) in [6.07, 6.45) is 8.93. The highest BCUT2D eigenvalue weighted by Gasteiger charge is 2.07. The van der Waals surface area contributed by atoms with Gasteiger partial charge in [0.05, 0.1) is 6.61 Å². The molecule has 0 amide bonds. The number of ether oxygens (including phenoxy) is 1. The molecule has 1 N–H and O–H groups in total. The van der Waals surface area contributed by atoms with E-state index in [1.54, 1.807) is 0 Å². The highest BCUT2D eigenvalue weighted by atomic mass is 16.5. The van der Waals surface area contributed by atoms with Gasteiger partial charge in [-0.25, -0.2) is 0 Å². The summed E-state index contributed by atoms with van der Waals surface area (Å²) in [6.45, 7) is 2.55. The second-order valence-corrected chi connectivity index (χ2v) is 4.27. The van der Waals surface area contributed by atoms with Crippen molar-refractivity contribution in [3.63, 3.8) is 0 Å². The zero-order chi connectivity index (χ0) is 12.9. The lowest BCUT2D eigenvalue weighted by molar-refractivity contribution is -0.151. The average molecular weight is 244 g/mol. The van der Waals surface area contributed by atoms with Gasteiger partial charge in [-0.2, -0.15) is 0 Å². The summed E-state index contributed by atoms with van der Waals surface area (Å²) in [7, 11) is 0. The van der Waals surface area contributed by atoms with Crippen molar-refractivity contribution in [1.82, 2.24) is 0 Å². The number of hydrogen-bond donors (Lipinski definition) is 1. The fourth-order valence-corrected chi connectivity index (χ4v) is 1.60. The van der Waals surface area contributed by atoms with Crippen molar-refractivity contribution in [3.05, 3.63) is 0 Å². The van der Waals surface area contributed by atoms with Crippen LogP contribution in [0.4, 0.5) is 0 Å². The molecule has 0 bridgehead atoms. The number of rotatable bonds is 11. The first-order chi connectivity index (χ1) is 8.16. The summed E-state index contributed by atoms with van der Waals surface area (Å²) in [6, 6.07) is 0. The van der Waals surface area contributed by atoms with Gasteiger partial charge in [0, 0.05) is 0 Å². The molecule has 0 saturated carbocycles. The van der Waals surface area contributed by atoms with E-state index in [0.717, 1.165) is 12.8 Å². The summed E-state index contributed by atoms with van der Waals surface area (Å²) in [5.74, 6) is -1.77. The maximum atomic E-state index is 10.9. The van der Waals surface area contributed by atoms with Crippen molar-refractivity contribution < 1.29 is 19.4 Å². The highest BCUT2D eigenvalue weighted by Crippen LogP contribution is 2.08. The van der Waals surface area contributed by atoms with Crippen molar-refractivity contribution in [2.45, 2.75) is 64.7 Å². The van der Waals surface area contributed by atoms with E-state index in [2.05, 4.69) is 6.92 Å². The lowest BCUT2D eigenvalue weighted by atomic mass is 10.1. The molecule has 0 fully saturated rings. The molecule has 0 aliphatic carbocycles. The molecule has 0 rings (SSSR count). The van der Waals surface area contributed by atoms with Crippen molar-refractivity contribution in [2.75, 3.05) is 6.61 Å². The van der Waals surface area contributed by atoms with Gasteiger partial charge in [-0.3, -0.25) is 9.59 Å². The molecular weight excluding hydrogens is 220 g/mol. The van der Waals surface area contributed by atoms with Crippen molar-refractivity contribution in [1.29, 1.82) is 0 Å². The van der Waals surface area contributed by atoms with Crippen LogP contribution in [0.1, 0.15) is 64.7 Å². The van der Waals surface area contributed by atoms with Crippen LogP contribution in [-0.4, -0.2) is 23.7 Å². The van der Waals surface area contributed by atoms with E-state index in [4.69, 9.17) is 9.84 Å². The number of carboxylic acid groups (broad SMARTS) is 1. The van der Waals surface area contributed by atoms with Gasteiger partial charge in [-0.1, -0.05) is 51.9 Å². The SMILES string of the molecule is CCCCCCCCCCOC(=O)CC(=O)O. The fraction of sp³-hybridized carbons (Fsp3) is 0.846. The Morgan fingerprint density at radius 3 is 2.00 bits per heavy atom. The van der Waals surface area contributed by atoms with Crippen molar-refractivity contribution in [3.8, 4) is 0 Å². The Kier molecular flexibility index (Phi) is 10.7. The lowest BCUT2D eigenvalue weighted by Crippen LogP contribution is -2.11. The predicted octanol–water partition coefficient (Wildman–Crippen LogP) is 3.15. The normalized spacial score (nSPS) is 10.2. The summed E-state index contributed by atoms with van der Waals surface area (Å²) in [4.78, 5) is 21.0. The molecule has 0 heterocycles. The molecule has 0 radical (unpaired) electrons. The molecule has 4 heteroatoms. The Balaban J connectivity index is 3.13. The Hall–Kier alpha value is -1.06. The minimum Gasteiger partial charge on any atom is -0.481 e. The van der Waals surface area contributed by atoms with Gasteiger partial charge in [0.1, 0.15) is 6.42 Å². The first kappa shape index (κ1) is 15.9. The largest absolute Gasteiger partial charge is 0.481 e. The van der Waals surface area contributed by atoms with E-state index in [9.17, 15) is 9.59 Å². The predicted molar refractivity (Wildman–Crippen MR) is 65.8 cm³/mol. The van der Waals surface area contributed by atoms with Crippen LogP contribution in [0.15, 0.2) is 0 Å². The van der Waals surface area contributed by atoms with E-state index in [-0.39, 0.29) is 0 Å². The third-order valence-corrected chi connectivity index (χ3v) is 2.56. The standard InChI is InChI=1S/C13H24O4/c1-2-3-4-5-6-7-8-9-10-17-13(16)11-12(14)15/h2-11H2,1H3,(H,14,15). The molecule has 0 saturated heterocycles. The maximum absolute atomic E-state index is 10.9. The number of carboxylic acids is 1. The molecule has 0 spiro atoms. The summed E-state index contributed by atoms with van der Waals surface area (Å²) in [5, 5.41) is 8.33. The van der Waals surface area contributed by atoms with Gasteiger partial charge in [0.15, 0.2) is 0 Å². The second kappa shape index (κ2) is 11.4. The highest BCUT2D eigenvalue weighted by molar-refractivity contribution is 5.90. The minimum atomic E-state index is -1.13. The van der Waals surface area contributed by atoms with Gasteiger partial charge >= 0.3 is 11.9 Å². The number of esters is 1. The smallest absolute Gasteiger partial charge is 0.317 e. The molecule has 17 heavy (non-hydrogen) atoms. The average Bonchev–Trinajstić information content (AvgIpc) is 2.26. The molecular formula is C13H24O4. The molecule has 0 unspecified atom stereocenters. The van der Waals surface area contributed by atoms with Gasteiger partial charge in [-0.05, 0) is 6.42 Å². The number of hydrogen-bond acceptors (Lipinski definition) is 3. The number of carbonyl (C=O) groups excluding carboxylic acids is 1. The van der Waals surface area contributed by atoms with Gasteiger partial charge in [0.25, 0.3) is 0 Å². The summed E-state index contributed by atoms with van der Waals surface area (Å²) in [5.41, 5.74) is 0. The Morgan fingerprint density at radius 2 is 1.47 bits per heavy atom. The first-order valence-corrected chi connectivity index (χ1v) is 6.54. The molecule has 0 aliphatic heterocycles. The first-order valence-electron chi connectivity index (χ1n) is 6.54. The van der Waals surface area contributed by atoms with E-state index in [1.165, 1.54) is 38.5 Å². The van der Waals surface area contributed by atoms with Crippen LogP contribution in [-0.2, 0) is 14.3 Å².